The molecule has 1 aromatic carbocycles. The highest BCUT2D eigenvalue weighted by Gasteiger charge is 2.30. The fourth-order valence-corrected chi connectivity index (χ4v) is 2.53. The topological polar surface area (TPSA) is 65.6 Å². The van der Waals surface area contributed by atoms with Gasteiger partial charge in [0.25, 0.3) is 5.91 Å². The molecule has 0 radical (unpaired) electrons. The van der Waals surface area contributed by atoms with E-state index in [0.29, 0.717) is 18.7 Å². The van der Waals surface area contributed by atoms with Crippen molar-refractivity contribution in [3.8, 4) is 5.75 Å². The van der Waals surface area contributed by atoms with Crippen LogP contribution in [-0.2, 0) is 0 Å². The van der Waals surface area contributed by atoms with Gasteiger partial charge in [-0.1, -0.05) is 18.2 Å². The van der Waals surface area contributed by atoms with Gasteiger partial charge in [0.15, 0.2) is 0 Å². The predicted molar refractivity (Wildman–Crippen MR) is 73.6 cm³/mol. The van der Waals surface area contributed by atoms with Crippen LogP contribution in [0.25, 0.3) is 0 Å². The first-order valence-corrected chi connectivity index (χ1v) is 6.57. The Balaban J connectivity index is 1.97. The fraction of sp³-hybridized carbons (Fsp3) is 0.267. The van der Waals surface area contributed by atoms with Crippen LogP contribution < -0.4 is 4.74 Å². The van der Waals surface area contributed by atoms with Gasteiger partial charge in [0, 0.05) is 18.0 Å². The summed E-state index contributed by atoms with van der Waals surface area (Å²) in [4.78, 5) is 17.1. The summed E-state index contributed by atoms with van der Waals surface area (Å²) in [6.45, 7) is 0.740. The number of carbonyl (C=O) groups is 1. The van der Waals surface area contributed by atoms with Crippen LogP contribution in [0, 0.1) is 0 Å². The number of nitrogens with zero attached hydrogens (tertiary/aromatic N) is 1. The van der Waals surface area contributed by atoms with E-state index in [1.54, 1.807) is 23.4 Å². The molecule has 1 atom stereocenters. The molecular formula is C15H16N2O3. The van der Waals surface area contributed by atoms with Gasteiger partial charge in [0.2, 0.25) is 0 Å². The molecule has 2 aromatic rings. The van der Waals surface area contributed by atoms with Crippen LogP contribution in [0.1, 0.15) is 22.0 Å². The fourth-order valence-electron chi connectivity index (χ4n) is 2.53. The Morgan fingerprint density at radius 2 is 2.25 bits per heavy atom. The molecular weight excluding hydrogens is 256 g/mol. The van der Waals surface area contributed by atoms with E-state index in [1.807, 2.05) is 24.3 Å². The number of fused-ring (bicyclic) bond motifs is 1. The number of carbonyl (C=O) groups excluding carboxylic acids is 1. The number of aromatic nitrogens is 1. The van der Waals surface area contributed by atoms with Crippen LogP contribution in [0.4, 0.5) is 0 Å². The first-order valence-electron chi connectivity index (χ1n) is 6.57. The van der Waals surface area contributed by atoms with Gasteiger partial charge in [0.1, 0.15) is 12.4 Å². The summed E-state index contributed by atoms with van der Waals surface area (Å²) >= 11 is 0. The molecule has 0 bridgehead atoms. The van der Waals surface area contributed by atoms with Gasteiger partial charge in [-0.25, -0.2) is 0 Å². The number of rotatable bonds is 2. The number of amides is 1. The molecule has 1 aliphatic heterocycles. The van der Waals surface area contributed by atoms with Crippen LogP contribution in [-0.4, -0.2) is 40.7 Å². The number of H-pyrrole nitrogens is 1. The van der Waals surface area contributed by atoms with E-state index < -0.39 is 0 Å². The number of hydrogen-bond donors (Lipinski definition) is 2. The van der Waals surface area contributed by atoms with Crippen LogP contribution in [0.15, 0.2) is 42.7 Å². The molecule has 3 rings (SSSR count). The monoisotopic (exact) mass is 272 g/mol. The van der Waals surface area contributed by atoms with Crippen molar-refractivity contribution in [1.29, 1.82) is 0 Å². The zero-order valence-electron chi connectivity index (χ0n) is 11.0. The molecule has 1 aromatic heterocycles. The van der Waals surface area contributed by atoms with Crippen molar-refractivity contribution < 1.29 is 14.6 Å². The summed E-state index contributed by atoms with van der Waals surface area (Å²) < 4.78 is 5.67. The van der Waals surface area contributed by atoms with Crippen molar-refractivity contribution in [3.05, 3.63) is 53.9 Å². The maximum atomic E-state index is 12.5. The first kappa shape index (κ1) is 12.7. The van der Waals surface area contributed by atoms with Crippen molar-refractivity contribution in [2.24, 2.45) is 0 Å². The summed E-state index contributed by atoms with van der Waals surface area (Å²) in [6, 6.07) is 8.87. The highest BCUT2D eigenvalue weighted by atomic mass is 16.5. The lowest BCUT2D eigenvalue weighted by Gasteiger charge is -2.28. The van der Waals surface area contributed by atoms with E-state index in [9.17, 15) is 9.90 Å². The molecule has 5 nitrogen and oxygen atoms in total. The zero-order chi connectivity index (χ0) is 13.9. The number of para-hydroxylation sites is 1. The number of ether oxygens (including phenoxy) is 1. The Morgan fingerprint density at radius 1 is 1.40 bits per heavy atom. The Hall–Kier alpha value is -2.27. The van der Waals surface area contributed by atoms with Crippen molar-refractivity contribution >= 4 is 5.91 Å². The number of hydrogen-bond acceptors (Lipinski definition) is 3. The SMILES string of the molecule is O=C(c1cc[nH]c1)N1CCOc2ccccc2C1CO. The van der Waals surface area contributed by atoms with Crippen LogP contribution in [0.5, 0.6) is 5.75 Å². The highest BCUT2D eigenvalue weighted by molar-refractivity contribution is 5.94. The third-order valence-corrected chi connectivity index (χ3v) is 3.52. The molecule has 5 heteroatoms. The van der Waals surface area contributed by atoms with Gasteiger partial charge in [0.05, 0.1) is 24.8 Å². The Bertz CT molecular complexity index is 595. The molecule has 1 unspecified atom stereocenters. The molecule has 0 fully saturated rings. The second-order valence-corrected chi connectivity index (χ2v) is 4.68. The summed E-state index contributed by atoms with van der Waals surface area (Å²) in [5.41, 5.74) is 1.43. The minimum Gasteiger partial charge on any atom is -0.491 e. The predicted octanol–water partition coefficient (Wildman–Crippen LogP) is 1.58. The number of aliphatic hydroxyl groups excluding tert-OH is 1. The smallest absolute Gasteiger partial charge is 0.256 e. The Morgan fingerprint density at radius 3 is 3.00 bits per heavy atom. The van der Waals surface area contributed by atoms with Crippen LogP contribution in [0.2, 0.25) is 0 Å². The van der Waals surface area contributed by atoms with E-state index in [0.717, 1.165) is 11.3 Å². The molecule has 0 aliphatic carbocycles. The summed E-state index contributed by atoms with van der Waals surface area (Å²) in [5, 5.41) is 9.72. The summed E-state index contributed by atoms with van der Waals surface area (Å²) in [5.74, 6) is 0.626. The second-order valence-electron chi connectivity index (χ2n) is 4.68. The minimum absolute atomic E-state index is 0.106. The molecule has 2 N–H and O–H groups in total. The largest absolute Gasteiger partial charge is 0.491 e. The van der Waals surface area contributed by atoms with E-state index in [4.69, 9.17) is 4.74 Å². The van der Waals surface area contributed by atoms with Gasteiger partial charge < -0.3 is 19.7 Å². The summed E-state index contributed by atoms with van der Waals surface area (Å²) in [7, 11) is 0. The second kappa shape index (κ2) is 5.38. The maximum absolute atomic E-state index is 12.5. The van der Waals surface area contributed by atoms with Gasteiger partial charge >= 0.3 is 0 Å². The quantitative estimate of drug-likeness (QED) is 0.872. The standard InChI is InChI=1S/C15H16N2O3/c18-10-13-12-3-1-2-4-14(12)20-8-7-17(13)15(19)11-5-6-16-9-11/h1-6,9,13,16,18H,7-8,10H2. The van der Waals surface area contributed by atoms with Gasteiger partial charge in [-0.15, -0.1) is 0 Å². The Kier molecular flexibility index (Phi) is 3.43. The van der Waals surface area contributed by atoms with E-state index in [1.165, 1.54) is 0 Å². The number of benzene rings is 1. The third-order valence-electron chi connectivity index (χ3n) is 3.52. The average Bonchev–Trinajstić information content (AvgIpc) is 2.94. The van der Waals surface area contributed by atoms with Crippen LogP contribution >= 0.6 is 0 Å². The lowest BCUT2D eigenvalue weighted by atomic mass is 10.0. The summed E-state index contributed by atoms with van der Waals surface area (Å²) in [6.07, 6.45) is 3.37. The van der Waals surface area contributed by atoms with Crippen molar-refractivity contribution in [3.63, 3.8) is 0 Å². The average molecular weight is 272 g/mol. The third kappa shape index (κ3) is 2.16. The van der Waals surface area contributed by atoms with Gasteiger partial charge in [-0.3, -0.25) is 4.79 Å². The molecule has 0 spiro atoms. The Labute approximate surface area is 116 Å². The van der Waals surface area contributed by atoms with Gasteiger partial charge in [-0.2, -0.15) is 0 Å². The lowest BCUT2D eigenvalue weighted by molar-refractivity contribution is 0.0585. The number of aromatic amines is 1. The van der Waals surface area contributed by atoms with Crippen molar-refractivity contribution in [2.75, 3.05) is 19.8 Å². The van der Waals surface area contributed by atoms with E-state index in [-0.39, 0.29) is 18.6 Å². The molecule has 0 saturated heterocycles. The van der Waals surface area contributed by atoms with Crippen molar-refractivity contribution in [1.82, 2.24) is 9.88 Å². The minimum atomic E-state index is -0.379. The molecule has 104 valence electrons. The molecule has 1 amide bonds. The first-order chi connectivity index (χ1) is 9.81. The zero-order valence-corrected chi connectivity index (χ0v) is 11.0. The number of aliphatic hydroxyl groups is 1. The van der Waals surface area contributed by atoms with E-state index >= 15 is 0 Å². The molecule has 2 heterocycles. The molecule has 0 saturated carbocycles. The number of nitrogens with one attached hydrogen (secondary N) is 1. The lowest BCUT2D eigenvalue weighted by Crippen LogP contribution is -2.37. The molecule has 20 heavy (non-hydrogen) atoms. The highest BCUT2D eigenvalue weighted by Crippen LogP contribution is 2.32. The van der Waals surface area contributed by atoms with Crippen molar-refractivity contribution in [2.45, 2.75) is 6.04 Å². The van der Waals surface area contributed by atoms with Crippen LogP contribution in [0.3, 0.4) is 0 Å². The normalized spacial score (nSPS) is 18.1. The molecule has 1 aliphatic rings. The van der Waals surface area contributed by atoms with Gasteiger partial charge in [-0.05, 0) is 12.1 Å². The maximum Gasteiger partial charge on any atom is 0.256 e. The van der Waals surface area contributed by atoms with E-state index in [2.05, 4.69) is 4.98 Å².